The van der Waals surface area contributed by atoms with Crippen LogP contribution in [0, 0.1) is 18.3 Å². The lowest BCUT2D eigenvalue weighted by atomic mass is 10.1. The zero-order valence-electron chi connectivity index (χ0n) is 18.7. The molecular formula is C21H28N8O3S. The van der Waals surface area contributed by atoms with Gasteiger partial charge in [-0.1, -0.05) is 6.92 Å². The van der Waals surface area contributed by atoms with Gasteiger partial charge in [-0.3, -0.25) is 9.23 Å². The van der Waals surface area contributed by atoms with E-state index in [2.05, 4.69) is 26.6 Å². The average molecular weight is 473 g/mol. The van der Waals surface area contributed by atoms with Crippen molar-refractivity contribution in [2.75, 3.05) is 23.3 Å². The minimum absolute atomic E-state index is 0.151. The predicted octanol–water partition coefficient (Wildman–Crippen LogP) is 2.06. The standard InChI is InChI=1S/C21H28N8O3S/c1-3-16-14(2)26-29-18(23)17(13-22)19(25-20(16)29)24-10-5-15-6-11-28(27-15)21(8-9-21)7-4-12-33(30,31)32/h6,11H,3-5,7-10,12,23H2,1-2H3,(H,24,25)(H,30,31,32). The number of anilines is 2. The number of fused-ring (bicyclic) bond motifs is 1. The third-order valence-electron chi connectivity index (χ3n) is 6.24. The number of hydrogen-bond donors (Lipinski definition) is 3. The van der Waals surface area contributed by atoms with Crippen LogP contribution in [0.15, 0.2) is 12.3 Å². The molecule has 0 spiro atoms. The fraction of sp³-hybridized carbons (Fsp3) is 0.524. The van der Waals surface area contributed by atoms with E-state index in [0.717, 1.165) is 36.2 Å². The summed E-state index contributed by atoms with van der Waals surface area (Å²) in [5.74, 6) is 0.461. The van der Waals surface area contributed by atoms with Crippen molar-refractivity contribution in [3.05, 3.63) is 34.8 Å². The van der Waals surface area contributed by atoms with E-state index in [9.17, 15) is 13.7 Å². The quantitative estimate of drug-likeness (QED) is 0.374. The number of hydrogen-bond acceptors (Lipinski definition) is 8. The topological polar surface area (TPSA) is 164 Å². The molecule has 4 rings (SSSR count). The van der Waals surface area contributed by atoms with Crippen molar-refractivity contribution in [1.29, 1.82) is 5.26 Å². The fourth-order valence-corrected chi connectivity index (χ4v) is 4.77. The van der Waals surface area contributed by atoms with E-state index in [1.165, 1.54) is 4.52 Å². The summed E-state index contributed by atoms with van der Waals surface area (Å²) in [6.45, 7) is 4.44. The van der Waals surface area contributed by atoms with Crippen molar-refractivity contribution in [3.63, 3.8) is 0 Å². The molecule has 33 heavy (non-hydrogen) atoms. The van der Waals surface area contributed by atoms with Crippen molar-refractivity contribution in [3.8, 4) is 6.07 Å². The summed E-state index contributed by atoms with van der Waals surface area (Å²) in [5, 5.41) is 21.9. The van der Waals surface area contributed by atoms with Crippen LogP contribution < -0.4 is 11.1 Å². The summed E-state index contributed by atoms with van der Waals surface area (Å²) in [6.07, 6.45) is 6.23. The van der Waals surface area contributed by atoms with Crippen molar-refractivity contribution >= 4 is 27.4 Å². The van der Waals surface area contributed by atoms with Gasteiger partial charge >= 0.3 is 0 Å². The SMILES string of the molecule is CCc1c(C)nn2c(N)c(C#N)c(NCCc3ccn(C4(CCCS(=O)(=O)O)CC4)n3)nc12. The number of nitrogens with two attached hydrogens (primary N) is 1. The van der Waals surface area contributed by atoms with Crippen LogP contribution in [0.2, 0.25) is 0 Å². The highest BCUT2D eigenvalue weighted by Crippen LogP contribution is 2.47. The molecule has 0 aliphatic heterocycles. The number of aromatic nitrogens is 5. The van der Waals surface area contributed by atoms with Gasteiger partial charge in [-0.05, 0) is 45.1 Å². The summed E-state index contributed by atoms with van der Waals surface area (Å²) in [7, 11) is -3.94. The van der Waals surface area contributed by atoms with Gasteiger partial charge in [-0.2, -0.15) is 28.4 Å². The van der Waals surface area contributed by atoms with Crippen LogP contribution in [0.25, 0.3) is 5.65 Å². The van der Waals surface area contributed by atoms with E-state index in [4.69, 9.17) is 10.3 Å². The maximum absolute atomic E-state index is 11.0. The number of nitrogen functional groups attached to an aromatic ring is 1. The molecule has 0 amide bonds. The van der Waals surface area contributed by atoms with E-state index in [1.54, 1.807) is 0 Å². The monoisotopic (exact) mass is 472 g/mol. The second kappa shape index (κ2) is 8.64. The molecule has 0 saturated heterocycles. The molecule has 3 aromatic heterocycles. The Hall–Kier alpha value is -3.17. The maximum atomic E-state index is 11.0. The van der Waals surface area contributed by atoms with Crippen molar-refractivity contribution < 1.29 is 13.0 Å². The number of nitrogens with one attached hydrogen (secondary N) is 1. The van der Waals surface area contributed by atoms with Gasteiger partial charge in [-0.25, -0.2) is 4.98 Å². The molecule has 3 heterocycles. The Balaban J connectivity index is 1.43. The van der Waals surface area contributed by atoms with Gasteiger partial charge in [0.2, 0.25) is 0 Å². The van der Waals surface area contributed by atoms with E-state index in [1.807, 2.05) is 30.8 Å². The third kappa shape index (κ3) is 4.65. The van der Waals surface area contributed by atoms with E-state index in [-0.39, 0.29) is 22.7 Å². The van der Waals surface area contributed by atoms with E-state index < -0.39 is 10.1 Å². The van der Waals surface area contributed by atoms with Gasteiger partial charge in [0.15, 0.2) is 5.65 Å². The highest BCUT2D eigenvalue weighted by Gasteiger charge is 2.44. The van der Waals surface area contributed by atoms with Crippen molar-refractivity contribution in [1.82, 2.24) is 24.4 Å². The molecule has 0 bridgehead atoms. The summed E-state index contributed by atoms with van der Waals surface area (Å²) >= 11 is 0. The summed E-state index contributed by atoms with van der Waals surface area (Å²) < 4.78 is 34.3. The smallest absolute Gasteiger partial charge is 0.264 e. The van der Waals surface area contributed by atoms with Crippen LogP contribution in [0.5, 0.6) is 0 Å². The van der Waals surface area contributed by atoms with Crippen LogP contribution in [-0.4, -0.2) is 49.6 Å². The first kappa shape index (κ1) is 23.0. The molecule has 0 radical (unpaired) electrons. The maximum Gasteiger partial charge on any atom is 0.264 e. The number of nitrogens with zero attached hydrogens (tertiary/aromatic N) is 6. The van der Waals surface area contributed by atoms with E-state index >= 15 is 0 Å². The molecule has 0 atom stereocenters. The molecule has 4 N–H and O–H groups in total. The number of nitriles is 1. The lowest BCUT2D eigenvalue weighted by Crippen LogP contribution is -2.19. The molecule has 176 valence electrons. The fourth-order valence-electron chi connectivity index (χ4n) is 4.26. The zero-order chi connectivity index (χ0) is 23.8. The normalized spacial score (nSPS) is 15.0. The second-order valence-electron chi connectivity index (χ2n) is 8.53. The molecule has 11 nitrogen and oxygen atoms in total. The Morgan fingerprint density at radius 1 is 1.36 bits per heavy atom. The molecule has 0 unspecified atom stereocenters. The van der Waals surface area contributed by atoms with Crippen LogP contribution in [0.4, 0.5) is 11.6 Å². The van der Waals surface area contributed by atoms with Crippen LogP contribution >= 0.6 is 0 Å². The molecule has 1 aliphatic carbocycles. The average Bonchev–Trinajstić information content (AvgIpc) is 3.24. The summed E-state index contributed by atoms with van der Waals surface area (Å²) in [4.78, 5) is 4.63. The molecular weight excluding hydrogens is 444 g/mol. The lowest BCUT2D eigenvalue weighted by molar-refractivity contribution is 0.391. The molecule has 1 aliphatic rings. The third-order valence-corrected chi connectivity index (χ3v) is 7.04. The Morgan fingerprint density at radius 3 is 2.76 bits per heavy atom. The molecule has 1 saturated carbocycles. The zero-order valence-corrected chi connectivity index (χ0v) is 19.6. The first-order valence-corrected chi connectivity index (χ1v) is 12.6. The first-order valence-electron chi connectivity index (χ1n) is 11.0. The van der Waals surface area contributed by atoms with Crippen LogP contribution in [-0.2, 0) is 28.5 Å². The van der Waals surface area contributed by atoms with Gasteiger partial charge < -0.3 is 11.1 Å². The molecule has 12 heteroatoms. The first-order chi connectivity index (χ1) is 15.7. The van der Waals surface area contributed by atoms with E-state index in [0.29, 0.717) is 37.3 Å². The minimum Gasteiger partial charge on any atom is -0.382 e. The minimum atomic E-state index is -3.94. The predicted molar refractivity (Wildman–Crippen MR) is 124 cm³/mol. The summed E-state index contributed by atoms with van der Waals surface area (Å²) in [5.41, 5.74) is 9.68. The Kier molecular flexibility index (Phi) is 6.02. The Labute approximate surface area is 192 Å². The Morgan fingerprint density at radius 2 is 2.12 bits per heavy atom. The highest BCUT2D eigenvalue weighted by atomic mass is 32.2. The molecule has 3 aromatic rings. The van der Waals surface area contributed by atoms with Gasteiger partial charge in [0.05, 0.1) is 22.7 Å². The van der Waals surface area contributed by atoms with Crippen molar-refractivity contribution in [2.45, 2.75) is 57.9 Å². The van der Waals surface area contributed by atoms with Crippen LogP contribution in [0.1, 0.15) is 55.1 Å². The number of rotatable bonds is 10. The van der Waals surface area contributed by atoms with Gasteiger partial charge in [0.25, 0.3) is 10.1 Å². The molecule has 1 fully saturated rings. The second-order valence-corrected chi connectivity index (χ2v) is 10.1. The number of aryl methyl sites for hydroxylation is 2. The summed E-state index contributed by atoms with van der Waals surface area (Å²) in [6, 6.07) is 4.06. The molecule has 0 aromatic carbocycles. The van der Waals surface area contributed by atoms with Crippen molar-refractivity contribution in [2.24, 2.45) is 0 Å². The lowest BCUT2D eigenvalue weighted by Gasteiger charge is -2.15. The van der Waals surface area contributed by atoms with Gasteiger partial charge in [0.1, 0.15) is 23.3 Å². The largest absolute Gasteiger partial charge is 0.382 e. The van der Waals surface area contributed by atoms with Gasteiger partial charge in [0, 0.05) is 24.7 Å². The van der Waals surface area contributed by atoms with Crippen LogP contribution in [0.3, 0.4) is 0 Å². The van der Waals surface area contributed by atoms with Gasteiger partial charge in [-0.15, -0.1) is 0 Å². The Bertz CT molecular complexity index is 1330. The highest BCUT2D eigenvalue weighted by molar-refractivity contribution is 7.85.